The second kappa shape index (κ2) is 9.52. The first kappa shape index (κ1) is 17.7. The molecule has 1 N–H and O–H groups in total. The highest BCUT2D eigenvalue weighted by atomic mass is 19.3. The lowest BCUT2D eigenvalue weighted by atomic mass is 10.1. The average molecular weight is 303 g/mol. The van der Waals surface area contributed by atoms with Gasteiger partial charge in [-0.2, -0.15) is 8.78 Å². The zero-order valence-corrected chi connectivity index (χ0v) is 12.7. The number of benzene rings is 1. The Morgan fingerprint density at radius 3 is 2.57 bits per heavy atom. The SMILES string of the molecule is CCCC(COC)NCc1cccc(OC)c1OC(F)F. The smallest absolute Gasteiger partial charge is 0.387 e. The van der Waals surface area contributed by atoms with E-state index in [4.69, 9.17) is 9.47 Å². The second-order valence-corrected chi connectivity index (χ2v) is 4.65. The summed E-state index contributed by atoms with van der Waals surface area (Å²) in [7, 11) is 3.07. The number of ether oxygens (including phenoxy) is 3. The van der Waals surface area contributed by atoms with Crippen molar-refractivity contribution in [2.45, 2.75) is 39.0 Å². The Morgan fingerprint density at radius 1 is 1.24 bits per heavy atom. The predicted molar refractivity (Wildman–Crippen MR) is 77.0 cm³/mol. The molecule has 0 amide bonds. The highest BCUT2D eigenvalue weighted by Gasteiger charge is 2.16. The van der Waals surface area contributed by atoms with Crippen LogP contribution in [0.3, 0.4) is 0 Å². The molecule has 6 heteroatoms. The van der Waals surface area contributed by atoms with Crippen molar-refractivity contribution in [3.8, 4) is 11.5 Å². The van der Waals surface area contributed by atoms with Crippen LogP contribution in [0.15, 0.2) is 18.2 Å². The van der Waals surface area contributed by atoms with Gasteiger partial charge in [0.25, 0.3) is 0 Å². The van der Waals surface area contributed by atoms with E-state index in [-0.39, 0.29) is 11.8 Å². The Balaban J connectivity index is 2.81. The Labute approximate surface area is 124 Å². The molecule has 0 fully saturated rings. The number of alkyl halides is 2. The topological polar surface area (TPSA) is 39.7 Å². The molecule has 0 aliphatic carbocycles. The van der Waals surface area contributed by atoms with Crippen molar-refractivity contribution in [3.05, 3.63) is 23.8 Å². The van der Waals surface area contributed by atoms with E-state index in [1.54, 1.807) is 25.3 Å². The molecule has 21 heavy (non-hydrogen) atoms. The summed E-state index contributed by atoms with van der Waals surface area (Å²) in [5.74, 6) is 0.378. The van der Waals surface area contributed by atoms with Gasteiger partial charge in [-0.15, -0.1) is 0 Å². The van der Waals surface area contributed by atoms with Gasteiger partial charge in [0.05, 0.1) is 13.7 Å². The van der Waals surface area contributed by atoms with Gasteiger partial charge >= 0.3 is 6.61 Å². The fraction of sp³-hybridized carbons (Fsp3) is 0.600. The number of para-hydroxylation sites is 1. The third-order valence-corrected chi connectivity index (χ3v) is 3.07. The van der Waals surface area contributed by atoms with E-state index in [0.717, 1.165) is 12.8 Å². The van der Waals surface area contributed by atoms with Crippen LogP contribution in [-0.4, -0.2) is 33.5 Å². The summed E-state index contributed by atoms with van der Waals surface area (Å²) in [6, 6.07) is 5.26. The first-order chi connectivity index (χ1) is 10.1. The third-order valence-electron chi connectivity index (χ3n) is 3.07. The van der Waals surface area contributed by atoms with Gasteiger partial charge in [0, 0.05) is 25.3 Å². The molecule has 0 saturated heterocycles. The standard InChI is InChI=1S/C15H23F2NO3/c1-4-6-12(10-19-2)18-9-11-7-5-8-13(20-3)14(11)21-15(16)17/h5,7-8,12,15,18H,4,6,9-10H2,1-3H3. The summed E-state index contributed by atoms with van der Waals surface area (Å²) in [6.45, 7) is 0.183. The number of hydrogen-bond acceptors (Lipinski definition) is 4. The summed E-state index contributed by atoms with van der Waals surface area (Å²) in [5.41, 5.74) is 0.631. The highest BCUT2D eigenvalue weighted by Crippen LogP contribution is 2.32. The molecule has 1 rings (SSSR count). The number of methoxy groups -OCH3 is 2. The molecule has 1 atom stereocenters. The monoisotopic (exact) mass is 303 g/mol. The third kappa shape index (κ3) is 5.85. The van der Waals surface area contributed by atoms with Crippen LogP contribution in [0.4, 0.5) is 8.78 Å². The second-order valence-electron chi connectivity index (χ2n) is 4.65. The van der Waals surface area contributed by atoms with Gasteiger partial charge in [-0.25, -0.2) is 0 Å². The van der Waals surface area contributed by atoms with Crippen molar-refractivity contribution in [1.29, 1.82) is 0 Å². The van der Waals surface area contributed by atoms with E-state index < -0.39 is 6.61 Å². The van der Waals surface area contributed by atoms with Gasteiger partial charge in [0.1, 0.15) is 0 Å². The van der Waals surface area contributed by atoms with Gasteiger partial charge in [0.15, 0.2) is 11.5 Å². The van der Waals surface area contributed by atoms with Gasteiger partial charge in [-0.1, -0.05) is 25.5 Å². The van der Waals surface area contributed by atoms with Crippen LogP contribution in [0.1, 0.15) is 25.3 Å². The van der Waals surface area contributed by atoms with E-state index in [1.807, 2.05) is 0 Å². The Kier molecular flexibility index (Phi) is 8.00. The maximum absolute atomic E-state index is 12.5. The molecule has 0 spiro atoms. The fourth-order valence-corrected chi connectivity index (χ4v) is 2.13. The van der Waals surface area contributed by atoms with Crippen LogP contribution in [0.2, 0.25) is 0 Å². The van der Waals surface area contributed by atoms with E-state index in [0.29, 0.717) is 24.5 Å². The predicted octanol–water partition coefficient (Wildman–Crippen LogP) is 3.20. The molecule has 1 aromatic rings. The van der Waals surface area contributed by atoms with Gasteiger partial charge in [-0.05, 0) is 12.5 Å². The van der Waals surface area contributed by atoms with E-state index in [9.17, 15) is 8.78 Å². The van der Waals surface area contributed by atoms with Crippen LogP contribution >= 0.6 is 0 Å². The fourth-order valence-electron chi connectivity index (χ4n) is 2.13. The van der Waals surface area contributed by atoms with Gasteiger partial charge < -0.3 is 19.5 Å². The number of nitrogens with one attached hydrogen (secondary N) is 1. The lowest BCUT2D eigenvalue weighted by Gasteiger charge is -2.19. The van der Waals surface area contributed by atoms with Gasteiger partial charge in [0.2, 0.25) is 0 Å². The first-order valence-electron chi connectivity index (χ1n) is 6.95. The molecule has 4 nitrogen and oxygen atoms in total. The molecule has 0 aliphatic rings. The van der Waals surface area contributed by atoms with Crippen LogP contribution in [0.5, 0.6) is 11.5 Å². The summed E-state index contributed by atoms with van der Waals surface area (Å²) in [6.07, 6.45) is 1.96. The van der Waals surface area contributed by atoms with Crippen molar-refractivity contribution in [2.24, 2.45) is 0 Å². The van der Waals surface area contributed by atoms with Crippen molar-refractivity contribution >= 4 is 0 Å². The first-order valence-corrected chi connectivity index (χ1v) is 6.95. The molecule has 0 aliphatic heterocycles. The molecule has 0 radical (unpaired) electrons. The van der Waals surface area contributed by atoms with Crippen LogP contribution in [-0.2, 0) is 11.3 Å². The molecule has 1 aromatic carbocycles. The molecule has 0 bridgehead atoms. The van der Waals surface area contributed by atoms with Crippen molar-refractivity contribution < 1.29 is 23.0 Å². The summed E-state index contributed by atoms with van der Waals surface area (Å²) < 4.78 is 39.9. The Bertz CT molecular complexity index is 410. The van der Waals surface area contributed by atoms with Crippen LogP contribution < -0.4 is 14.8 Å². The number of halogens is 2. The van der Waals surface area contributed by atoms with E-state index in [1.165, 1.54) is 7.11 Å². The average Bonchev–Trinajstić information content (AvgIpc) is 2.45. The number of hydrogen-bond donors (Lipinski definition) is 1. The Morgan fingerprint density at radius 2 is 2.00 bits per heavy atom. The van der Waals surface area contributed by atoms with Crippen molar-refractivity contribution in [2.75, 3.05) is 20.8 Å². The Hall–Kier alpha value is -1.40. The van der Waals surface area contributed by atoms with E-state index >= 15 is 0 Å². The normalized spacial score (nSPS) is 12.5. The van der Waals surface area contributed by atoms with Crippen LogP contribution in [0.25, 0.3) is 0 Å². The lowest BCUT2D eigenvalue weighted by Crippen LogP contribution is -2.32. The molecule has 1 unspecified atom stereocenters. The molecule has 120 valence electrons. The highest BCUT2D eigenvalue weighted by molar-refractivity contribution is 5.46. The summed E-state index contributed by atoms with van der Waals surface area (Å²) in [5, 5.41) is 3.30. The number of rotatable bonds is 10. The molecular formula is C15H23F2NO3. The quantitative estimate of drug-likeness (QED) is 0.720. The molecule has 0 heterocycles. The zero-order valence-electron chi connectivity index (χ0n) is 12.7. The molecule has 0 aromatic heterocycles. The zero-order chi connectivity index (χ0) is 15.7. The van der Waals surface area contributed by atoms with E-state index in [2.05, 4.69) is 17.0 Å². The maximum Gasteiger partial charge on any atom is 0.387 e. The minimum absolute atomic E-state index is 0.0789. The largest absolute Gasteiger partial charge is 0.493 e. The van der Waals surface area contributed by atoms with Gasteiger partial charge in [-0.3, -0.25) is 0 Å². The summed E-state index contributed by atoms with van der Waals surface area (Å²) in [4.78, 5) is 0. The van der Waals surface area contributed by atoms with Crippen molar-refractivity contribution in [1.82, 2.24) is 5.32 Å². The van der Waals surface area contributed by atoms with Crippen LogP contribution in [0, 0.1) is 0 Å². The van der Waals surface area contributed by atoms with Crippen molar-refractivity contribution in [3.63, 3.8) is 0 Å². The molecule has 0 saturated carbocycles. The maximum atomic E-state index is 12.5. The molecular weight excluding hydrogens is 280 g/mol. The summed E-state index contributed by atoms with van der Waals surface area (Å²) >= 11 is 0. The minimum atomic E-state index is -2.88. The lowest BCUT2D eigenvalue weighted by molar-refractivity contribution is -0.0519. The minimum Gasteiger partial charge on any atom is -0.493 e.